The van der Waals surface area contributed by atoms with Crippen molar-refractivity contribution < 1.29 is 14.3 Å². The van der Waals surface area contributed by atoms with E-state index < -0.39 is 0 Å². The molecule has 0 bridgehead atoms. The fourth-order valence-electron chi connectivity index (χ4n) is 2.21. The first kappa shape index (κ1) is 17.6. The maximum absolute atomic E-state index is 12.3. The van der Waals surface area contributed by atoms with Gasteiger partial charge in [0.1, 0.15) is 0 Å². The van der Waals surface area contributed by atoms with E-state index in [1.807, 2.05) is 24.3 Å². The Morgan fingerprint density at radius 2 is 1.83 bits per heavy atom. The van der Waals surface area contributed by atoms with Gasteiger partial charge in [-0.15, -0.1) is 0 Å². The number of carbonyl (C=O) groups is 1. The summed E-state index contributed by atoms with van der Waals surface area (Å²) in [7, 11) is 1.64. The monoisotopic (exact) mass is 382 g/mol. The molecule has 1 aromatic heterocycles. The number of hydrogen-bond acceptors (Lipinski definition) is 5. The Hall–Kier alpha value is -1.78. The third-order valence-electron chi connectivity index (χ3n) is 3.47. The minimum atomic E-state index is -0.345. The number of esters is 1. The number of rotatable bonds is 7. The van der Waals surface area contributed by atoms with E-state index in [1.165, 1.54) is 0 Å². The molecule has 0 fully saturated rings. The van der Waals surface area contributed by atoms with Gasteiger partial charge in [-0.1, -0.05) is 0 Å². The zero-order valence-corrected chi connectivity index (χ0v) is 15.7. The Labute approximate surface area is 143 Å². The van der Waals surface area contributed by atoms with Crippen molar-refractivity contribution in [3.8, 4) is 15.8 Å². The van der Waals surface area contributed by atoms with Gasteiger partial charge in [0.2, 0.25) is 0 Å². The second-order valence-electron chi connectivity index (χ2n) is 4.80. The first-order valence-corrected chi connectivity index (χ1v) is 9.43. The molecule has 2 rings (SSSR count). The van der Waals surface area contributed by atoms with Crippen LogP contribution in [0.4, 0.5) is 4.69 Å². The molecule has 0 aliphatic heterocycles. The van der Waals surface area contributed by atoms with Crippen molar-refractivity contribution in [1.82, 2.24) is 4.98 Å². The van der Waals surface area contributed by atoms with Gasteiger partial charge in [0.15, 0.2) is 0 Å². The first-order valence-electron chi connectivity index (χ1n) is 7.71. The summed E-state index contributed by atoms with van der Waals surface area (Å²) in [6, 6.07) is 7.73. The van der Waals surface area contributed by atoms with Crippen LogP contribution in [0.15, 0.2) is 24.3 Å². The molecule has 0 saturated heterocycles. The molecular weight excluding hydrogens is 359 g/mol. The number of carbonyl (C=O) groups excluding carboxylic acids is 1. The Morgan fingerprint density at radius 1 is 1.17 bits per heavy atom. The van der Waals surface area contributed by atoms with Crippen molar-refractivity contribution in [2.24, 2.45) is 0 Å². The van der Waals surface area contributed by atoms with Gasteiger partial charge in [-0.25, -0.2) is 0 Å². The summed E-state index contributed by atoms with van der Waals surface area (Å²) >= 11 is -0.0112. The number of benzene rings is 1. The topological polar surface area (TPSA) is 51.7 Å². The van der Waals surface area contributed by atoms with E-state index in [0.29, 0.717) is 12.3 Å². The van der Waals surface area contributed by atoms with E-state index in [-0.39, 0.29) is 20.5 Å². The van der Waals surface area contributed by atoms with Crippen LogP contribution in [0.1, 0.15) is 31.3 Å². The van der Waals surface area contributed by atoms with Crippen molar-refractivity contribution in [2.45, 2.75) is 20.8 Å². The van der Waals surface area contributed by atoms with Gasteiger partial charge in [0.05, 0.1) is 0 Å². The third-order valence-corrected chi connectivity index (χ3v) is 5.92. The van der Waals surface area contributed by atoms with Crippen molar-refractivity contribution in [2.75, 3.05) is 31.7 Å². The van der Waals surface area contributed by atoms with Crippen LogP contribution in [-0.2, 0) is 4.74 Å². The van der Waals surface area contributed by atoms with E-state index in [0.717, 1.165) is 33.5 Å². The third kappa shape index (κ3) is 3.95. The maximum atomic E-state index is 12.3. The van der Waals surface area contributed by atoms with E-state index in [2.05, 4.69) is 23.7 Å². The Morgan fingerprint density at radius 3 is 2.35 bits per heavy atom. The molecule has 124 valence electrons. The zero-order chi connectivity index (χ0) is 16.8. The molecule has 5 nitrogen and oxygen atoms in total. The summed E-state index contributed by atoms with van der Waals surface area (Å²) in [4.78, 5) is 19.1. The summed E-state index contributed by atoms with van der Waals surface area (Å²) in [5, 5.41) is 0. The van der Waals surface area contributed by atoms with Gasteiger partial charge in [-0.3, -0.25) is 0 Å². The van der Waals surface area contributed by atoms with Crippen molar-refractivity contribution >= 4 is 25.2 Å². The standard InChI is InChI=1S/C17H22N2O3Se/c1-5-19(6-2)17-18-14(16(20)22-7-3)15(23-17)12-8-10-13(21-4)11-9-12/h8-11H,5-7H2,1-4H3. The molecule has 0 unspecified atom stereocenters. The van der Waals surface area contributed by atoms with Crippen LogP contribution in [-0.4, -0.2) is 52.3 Å². The van der Waals surface area contributed by atoms with Crippen molar-refractivity contribution in [1.29, 1.82) is 0 Å². The van der Waals surface area contributed by atoms with E-state index in [4.69, 9.17) is 9.47 Å². The van der Waals surface area contributed by atoms with Gasteiger partial charge in [0, 0.05) is 0 Å². The molecule has 2 aromatic rings. The van der Waals surface area contributed by atoms with Crippen LogP contribution >= 0.6 is 0 Å². The van der Waals surface area contributed by atoms with E-state index in [9.17, 15) is 4.79 Å². The van der Waals surface area contributed by atoms with Gasteiger partial charge in [-0.05, 0) is 0 Å². The molecule has 23 heavy (non-hydrogen) atoms. The summed E-state index contributed by atoms with van der Waals surface area (Å²) in [6.45, 7) is 8.10. The van der Waals surface area contributed by atoms with Gasteiger partial charge >= 0.3 is 143 Å². The molecule has 0 spiro atoms. The Kier molecular flexibility index (Phi) is 6.25. The second-order valence-corrected chi connectivity index (χ2v) is 6.85. The average molecular weight is 381 g/mol. The molecule has 0 amide bonds. The number of nitrogens with zero attached hydrogens (tertiary/aromatic N) is 2. The van der Waals surface area contributed by atoms with Crippen molar-refractivity contribution in [3.05, 3.63) is 30.0 Å². The van der Waals surface area contributed by atoms with Crippen LogP contribution in [0.5, 0.6) is 5.75 Å². The molecule has 0 atom stereocenters. The number of methoxy groups -OCH3 is 1. The van der Waals surface area contributed by atoms with Crippen LogP contribution in [0.2, 0.25) is 0 Å². The van der Waals surface area contributed by atoms with Gasteiger partial charge < -0.3 is 0 Å². The SMILES string of the molecule is CCOC(=O)c1nc(N(CC)CC)[se]c1-c1ccc(OC)cc1. The molecule has 0 N–H and O–H groups in total. The summed E-state index contributed by atoms with van der Waals surface area (Å²) < 4.78 is 12.3. The van der Waals surface area contributed by atoms with Gasteiger partial charge in [-0.2, -0.15) is 0 Å². The predicted octanol–water partition coefficient (Wildman–Crippen LogP) is 2.84. The number of aromatic nitrogens is 1. The second kappa shape index (κ2) is 8.18. The predicted molar refractivity (Wildman–Crippen MR) is 92.7 cm³/mol. The fraction of sp³-hybridized carbons (Fsp3) is 0.412. The summed E-state index contributed by atoms with van der Waals surface area (Å²) in [5.41, 5.74) is 1.44. The molecular formula is C17H22N2O3Se. The molecule has 0 radical (unpaired) electrons. The molecule has 0 saturated carbocycles. The number of hydrogen-bond donors (Lipinski definition) is 0. The molecule has 0 aliphatic carbocycles. The van der Waals surface area contributed by atoms with Crippen LogP contribution in [0.3, 0.4) is 0 Å². The fourth-order valence-corrected chi connectivity index (χ4v) is 4.70. The summed E-state index contributed by atoms with van der Waals surface area (Å²) in [5.74, 6) is 0.449. The minimum absolute atomic E-state index is 0.0112. The average Bonchev–Trinajstić information content (AvgIpc) is 3.01. The van der Waals surface area contributed by atoms with Gasteiger partial charge in [0.25, 0.3) is 0 Å². The Bertz CT molecular complexity index is 648. The Balaban J connectivity index is 2.47. The van der Waals surface area contributed by atoms with Crippen LogP contribution < -0.4 is 9.64 Å². The number of anilines is 1. The van der Waals surface area contributed by atoms with Crippen molar-refractivity contribution in [3.63, 3.8) is 0 Å². The van der Waals surface area contributed by atoms with E-state index in [1.54, 1.807) is 14.0 Å². The molecule has 6 heteroatoms. The molecule has 0 aliphatic rings. The molecule has 1 heterocycles. The zero-order valence-electron chi connectivity index (χ0n) is 14.0. The van der Waals surface area contributed by atoms with E-state index >= 15 is 0 Å². The number of ether oxygens (including phenoxy) is 2. The normalized spacial score (nSPS) is 10.4. The van der Waals surface area contributed by atoms with Crippen LogP contribution in [0, 0.1) is 0 Å². The summed E-state index contributed by atoms with van der Waals surface area (Å²) in [6.07, 6.45) is 0. The molecule has 1 aromatic carbocycles. The van der Waals surface area contributed by atoms with Crippen LogP contribution in [0.25, 0.3) is 10.0 Å². The first-order chi connectivity index (χ1) is 11.1. The quantitative estimate of drug-likeness (QED) is 0.545.